The Bertz CT molecular complexity index is 670. The van der Waals surface area contributed by atoms with E-state index in [0.29, 0.717) is 6.42 Å². The van der Waals surface area contributed by atoms with Crippen LogP contribution in [0.1, 0.15) is 24.9 Å². The maximum atomic E-state index is 13.9. The molecule has 0 heterocycles. The summed E-state index contributed by atoms with van der Waals surface area (Å²) >= 11 is 6.01. The van der Waals surface area contributed by atoms with Crippen LogP contribution >= 0.6 is 11.6 Å². The van der Waals surface area contributed by atoms with Crippen LogP contribution in [-0.4, -0.2) is 17.0 Å². The van der Waals surface area contributed by atoms with Crippen LogP contribution in [0, 0.1) is 29.5 Å². The zero-order valence-electron chi connectivity index (χ0n) is 12.5. The van der Waals surface area contributed by atoms with Crippen molar-refractivity contribution in [1.82, 2.24) is 5.32 Å². The largest absolute Gasteiger partial charge is 0.481 e. The first-order valence-electron chi connectivity index (χ1n) is 7.55. The number of allylic oxidation sites excluding steroid dienone is 2. The van der Waals surface area contributed by atoms with Crippen molar-refractivity contribution in [3.05, 3.63) is 46.8 Å². The first-order valence-corrected chi connectivity index (χ1v) is 7.93. The first kappa shape index (κ1) is 16.0. The second kappa shape index (κ2) is 5.96. The van der Waals surface area contributed by atoms with E-state index in [1.165, 1.54) is 12.1 Å². The average molecular weight is 338 g/mol. The van der Waals surface area contributed by atoms with Crippen molar-refractivity contribution in [3.63, 3.8) is 0 Å². The number of carbonyl (C=O) groups is 2. The van der Waals surface area contributed by atoms with Crippen LogP contribution in [0.3, 0.4) is 0 Å². The van der Waals surface area contributed by atoms with E-state index >= 15 is 0 Å². The van der Waals surface area contributed by atoms with Crippen LogP contribution in [-0.2, 0) is 9.59 Å². The van der Waals surface area contributed by atoms with Gasteiger partial charge in [0.2, 0.25) is 5.91 Å². The fraction of sp³-hybridized carbons (Fsp3) is 0.412. The molecule has 1 fully saturated rings. The Hall–Kier alpha value is -1.88. The highest BCUT2D eigenvalue weighted by Gasteiger charge is 2.51. The molecule has 0 radical (unpaired) electrons. The molecule has 0 aromatic heterocycles. The summed E-state index contributed by atoms with van der Waals surface area (Å²) < 4.78 is 13.9. The maximum Gasteiger partial charge on any atom is 0.307 e. The number of carbonyl (C=O) groups excluding carboxylic acids is 1. The second-order valence-corrected chi connectivity index (χ2v) is 6.61. The quantitative estimate of drug-likeness (QED) is 0.829. The van der Waals surface area contributed by atoms with E-state index in [9.17, 15) is 19.1 Å². The lowest BCUT2D eigenvalue weighted by molar-refractivity contribution is -0.148. The van der Waals surface area contributed by atoms with E-state index in [1.807, 2.05) is 12.2 Å². The Balaban J connectivity index is 1.79. The van der Waals surface area contributed by atoms with Crippen LogP contribution in [0.2, 0.25) is 5.02 Å². The molecule has 1 amide bonds. The van der Waals surface area contributed by atoms with Crippen molar-refractivity contribution in [2.75, 3.05) is 0 Å². The minimum absolute atomic E-state index is 0.0654. The lowest BCUT2D eigenvalue weighted by Crippen LogP contribution is -2.41. The molecule has 1 aromatic rings. The van der Waals surface area contributed by atoms with Crippen molar-refractivity contribution in [2.45, 2.75) is 19.4 Å². The zero-order chi connectivity index (χ0) is 16.7. The number of benzene rings is 1. The minimum atomic E-state index is -0.960. The Labute approximate surface area is 138 Å². The van der Waals surface area contributed by atoms with Gasteiger partial charge in [0.05, 0.1) is 17.9 Å². The first-order chi connectivity index (χ1) is 10.9. The van der Waals surface area contributed by atoms with Crippen molar-refractivity contribution >= 4 is 23.5 Å². The van der Waals surface area contributed by atoms with Crippen LogP contribution in [0.4, 0.5) is 4.39 Å². The van der Waals surface area contributed by atoms with Crippen molar-refractivity contribution < 1.29 is 19.1 Å². The summed E-state index contributed by atoms with van der Waals surface area (Å²) in [6.45, 7) is 1.64. The number of rotatable bonds is 4. The molecular formula is C17H17ClFNO3. The van der Waals surface area contributed by atoms with E-state index in [-0.39, 0.29) is 28.3 Å². The Morgan fingerprint density at radius 3 is 2.57 bits per heavy atom. The summed E-state index contributed by atoms with van der Waals surface area (Å²) in [7, 11) is 0. The smallest absolute Gasteiger partial charge is 0.307 e. The van der Waals surface area contributed by atoms with Crippen LogP contribution in [0.25, 0.3) is 0 Å². The molecule has 0 saturated heterocycles. The van der Waals surface area contributed by atoms with Crippen molar-refractivity contribution in [1.29, 1.82) is 0 Å². The van der Waals surface area contributed by atoms with Gasteiger partial charge in [0.25, 0.3) is 0 Å². The monoisotopic (exact) mass is 337 g/mol. The number of aliphatic carboxylic acids is 1. The highest BCUT2D eigenvalue weighted by atomic mass is 35.5. The number of amides is 1. The molecule has 0 aliphatic heterocycles. The van der Waals surface area contributed by atoms with Gasteiger partial charge in [-0.3, -0.25) is 9.59 Å². The summed E-state index contributed by atoms with van der Waals surface area (Å²) in [4.78, 5) is 24.1. The topological polar surface area (TPSA) is 66.4 Å². The number of hydrogen-bond acceptors (Lipinski definition) is 2. The predicted molar refractivity (Wildman–Crippen MR) is 83.3 cm³/mol. The normalized spacial score (nSPS) is 29.5. The maximum absolute atomic E-state index is 13.9. The lowest BCUT2D eigenvalue weighted by atomic mass is 9.82. The zero-order valence-corrected chi connectivity index (χ0v) is 13.3. The van der Waals surface area contributed by atoms with Crippen molar-refractivity contribution in [2.24, 2.45) is 23.7 Å². The third-order valence-electron chi connectivity index (χ3n) is 4.84. The van der Waals surface area contributed by atoms with Gasteiger partial charge in [0, 0.05) is 10.6 Å². The molecule has 2 aliphatic rings. The van der Waals surface area contributed by atoms with E-state index in [1.54, 1.807) is 13.0 Å². The average Bonchev–Trinajstić information content (AvgIpc) is 3.07. The molecule has 4 nitrogen and oxygen atoms in total. The number of carboxylic acid groups (broad SMARTS) is 1. The van der Waals surface area contributed by atoms with E-state index in [0.717, 1.165) is 0 Å². The molecule has 0 spiro atoms. The van der Waals surface area contributed by atoms with Crippen LogP contribution in [0.15, 0.2) is 30.4 Å². The molecule has 6 heteroatoms. The molecule has 1 aromatic carbocycles. The fourth-order valence-corrected chi connectivity index (χ4v) is 4.15. The van der Waals surface area contributed by atoms with Gasteiger partial charge in [-0.1, -0.05) is 29.8 Å². The minimum Gasteiger partial charge on any atom is -0.481 e. The van der Waals surface area contributed by atoms with Crippen LogP contribution in [0.5, 0.6) is 0 Å². The molecule has 2 N–H and O–H groups in total. The highest BCUT2D eigenvalue weighted by Crippen LogP contribution is 2.48. The predicted octanol–water partition coefficient (Wildman–Crippen LogP) is 3.18. The van der Waals surface area contributed by atoms with Gasteiger partial charge in [-0.2, -0.15) is 0 Å². The molecule has 3 rings (SSSR count). The molecule has 23 heavy (non-hydrogen) atoms. The Kier molecular flexibility index (Phi) is 4.15. The highest BCUT2D eigenvalue weighted by molar-refractivity contribution is 6.31. The number of hydrogen-bond donors (Lipinski definition) is 2. The molecule has 5 unspecified atom stereocenters. The molecular weight excluding hydrogens is 321 g/mol. The van der Waals surface area contributed by atoms with Gasteiger partial charge in [0.1, 0.15) is 5.82 Å². The van der Waals surface area contributed by atoms with E-state index < -0.39 is 29.7 Å². The summed E-state index contributed by atoms with van der Waals surface area (Å²) in [6.07, 6.45) is 4.48. The molecule has 2 aliphatic carbocycles. The van der Waals surface area contributed by atoms with Gasteiger partial charge in [-0.25, -0.2) is 4.39 Å². The summed E-state index contributed by atoms with van der Waals surface area (Å²) in [5, 5.41) is 12.4. The lowest BCUT2D eigenvalue weighted by Gasteiger charge is -2.26. The third-order valence-corrected chi connectivity index (χ3v) is 5.17. The number of carboxylic acids is 1. The molecule has 122 valence electrons. The summed E-state index contributed by atoms with van der Waals surface area (Å²) in [5.41, 5.74) is 0.216. The molecule has 1 saturated carbocycles. The third kappa shape index (κ3) is 2.74. The van der Waals surface area contributed by atoms with Crippen LogP contribution < -0.4 is 5.32 Å². The van der Waals surface area contributed by atoms with Gasteiger partial charge >= 0.3 is 5.97 Å². The SMILES string of the molecule is CC(NC(=O)C1C2C=CC(C2)C1C(=O)O)c1c(F)cccc1Cl. The van der Waals surface area contributed by atoms with E-state index in [2.05, 4.69) is 5.32 Å². The molecule has 5 atom stereocenters. The fourth-order valence-electron chi connectivity index (χ4n) is 3.82. The van der Waals surface area contributed by atoms with Crippen molar-refractivity contribution in [3.8, 4) is 0 Å². The van der Waals surface area contributed by atoms with Gasteiger partial charge in [-0.05, 0) is 37.3 Å². The molecule has 2 bridgehead atoms. The van der Waals surface area contributed by atoms with E-state index in [4.69, 9.17) is 11.6 Å². The van der Waals surface area contributed by atoms with Gasteiger partial charge < -0.3 is 10.4 Å². The van der Waals surface area contributed by atoms with Gasteiger partial charge in [-0.15, -0.1) is 0 Å². The Morgan fingerprint density at radius 1 is 1.30 bits per heavy atom. The Morgan fingerprint density at radius 2 is 1.96 bits per heavy atom. The summed E-state index contributed by atoms with van der Waals surface area (Å²) in [6, 6.07) is 3.71. The second-order valence-electron chi connectivity index (χ2n) is 6.20. The standard InChI is InChI=1S/C17H17ClFNO3/c1-8(13-11(18)3-2-4-12(13)19)20-16(21)14-9-5-6-10(7-9)15(14)17(22)23/h2-6,8-10,14-15H,7H2,1H3,(H,20,21)(H,22,23). The number of fused-ring (bicyclic) bond motifs is 2. The number of nitrogens with one attached hydrogen (secondary N) is 1. The van der Waals surface area contributed by atoms with Gasteiger partial charge in [0.15, 0.2) is 0 Å². The summed E-state index contributed by atoms with van der Waals surface area (Å²) in [5.74, 6) is -3.30. The number of halogens is 2.